The van der Waals surface area contributed by atoms with Gasteiger partial charge in [0.05, 0.1) is 24.0 Å². The van der Waals surface area contributed by atoms with Crippen LogP contribution < -0.4 is 0 Å². The molecule has 7 atom stereocenters. The topological polar surface area (TPSA) is 70.4 Å². The van der Waals surface area contributed by atoms with Gasteiger partial charge in [-0.2, -0.15) is 0 Å². The van der Waals surface area contributed by atoms with Gasteiger partial charge < -0.3 is 14.0 Å². The summed E-state index contributed by atoms with van der Waals surface area (Å²) < 4.78 is 13.7. The first kappa shape index (κ1) is 26.0. The highest BCUT2D eigenvalue weighted by Gasteiger charge is 2.57. The summed E-state index contributed by atoms with van der Waals surface area (Å²) in [6, 6.07) is 8.39. The van der Waals surface area contributed by atoms with Crippen molar-refractivity contribution in [2.24, 2.45) is 34.5 Å². The van der Waals surface area contributed by atoms with Crippen LogP contribution in [0, 0.1) is 34.5 Å². The second-order valence-electron chi connectivity index (χ2n) is 12.4. The van der Waals surface area contributed by atoms with Crippen LogP contribution in [0.4, 0.5) is 0 Å². The minimum Gasteiger partial charge on any atom is -0.466 e. The number of para-hydroxylation sites is 2. The summed E-state index contributed by atoms with van der Waals surface area (Å²) in [5.41, 5.74) is 3.79. The van der Waals surface area contributed by atoms with Gasteiger partial charge in [-0.3, -0.25) is 9.59 Å². The van der Waals surface area contributed by atoms with Gasteiger partial charge in [0.2, 0.25) is 0 Å². The van der Waals surface area contributed by atoms with Crippen LogP contribution in [0.2, 0.25) is 0 Å². The van der Waals surface area contributed by atoms with Crippen LogP contribution in [0.1, 0.15) is 72.6 Å². The molecule has 0 radical (unpaired) electrons. The van der Waals surface area contributed by atoms with E-state index in [1.165, 1.54) is 31.4 Å². The van der Waals surface area contributed by atoms with Crippen LogP contribution in [-0.2, 0) is 25.6 Å². The number of carbonyl (C=O) groups excluding carboxylic acids is 2. The number of ether oxygens (including phenoxy) is 2. The van der Waals surface area contributed by atoms with Crippen LogP contribution in [0.15, 0.2) is 42.7 Å². The molecular weight excluding hydrogens is 464 g/mol. The van der Waals surface area contributed by atoms with Crippen molar-refractivity contribution in [3.05, 3.63) is 42.7 Å². The molecule has 3 saturated carbocycles. The molecule has 200 valence electrons. The highest BCUT2D eigenvalue weighted by atomic mass is 16.5. The van der Waals surface area contributed by atoms with Gasteiger partial charge in [-0.25, -0.2) is 4.98 Å². The van der Waals surface area contributed by atoms with Crippen molar-refractivity contribution < 1.29 is 19.1 Å². The lowest BCUT2D eigenvalue weighted by Crippen LogP contribution is -2.52. The molecule has 0 aliphatic heterocycles. The molecule has 0 saturated heterocycles. The van der Waals surface area contributed by atoms with E-state index in [-0.39, 0.29) is 34.8 Å². The Kier molecular flexibility index (Phi) is 6.97. The van der Waals surface area contributed by atoms with Crippen molar-refractivity contribution in [3.8, 4) is 0 Å². The summed E-state index contributed by atoms with van der Waals surface area (Å²) in [7, 11) is 0. The fourth-order valence-electron chi connectivity index (χ4n) is 8.34. The Morgan fingerprint density at radius 1 is 1.08 bits per heavy atom. The molecule has 6 heteroatoms. The van der Waals surface area contributed by atoms with E-state index in [0.29, 0.717) is 24.4 Å². The maximum atomic E-state index is 11.8. The zero-order valence-corrected chi connectivity index (χ0v) is 22.9. The smallest absolute Gasteiger partial charge is 0.302 e. The number of nitrogens with zero attached hydrogens (tertiary/aromatic N) is 2. The van der Waals surface area contributed by atoms with Crippen molar-refractivity contribution in [1.82, 2.24) is 9.55 Å². The van der Waals surface area contributed by atoms with Crippen molar-refractivity contribution in [3.63, 3.8) is 0 Å². The summed E-state index contributed by atoms with van der Waals surface area (Å²) in [6.07, 6.45) is 9.05. The van der Waals surface area contributed by atoms with Crippen molar-refractivity contribution in [1.29, 1.82) is 0 Å². The zero-order valence-electron chi connectivity index (χ0n) is 22.9. The van der Waals surface area contributed by atoms with E-state index in [2.05, 4.69) is 43.2 Å². The first-order valence-corrected chi connectivity index (χ1v) is 14.0. The molecule has 2 aromatic rings. The lowest BCUT2D eigenvalue weighted by atomic mass is 9.49. The number of carbonyl (C=O) groups is 2. The van der Waals surface area contributed by atoms with Gasteiger partial charge in [-0.05, 0) is 85.7 Å². The minimum absolute atomic E-state index is 0.0155. The molecule has 0 amide bonds. The Morgan fingerprint density at radius 2 is 1.86 bits per heavy atom. The second kappa shape index (κ2) is 9.92. The summed E-state index contributed by atoms with van der Waals surface area (Å²) in [6.45, 7) is 13.7. The van der Waals surface area contributed by atoms with Crippen LogP contribution in [0.3, 0.4) is 0 Å². The van der Waals surface area contributed by atoms with E-state index in [9.17, 15) is 9.59 Å². The van der Waals surface area contributed by atoms with E-state index in [1.807, 2.05) is 12.4 Å². The van der Waals surface area contributed by atoms with Gasteiger partial charge in [0, 0.05) is 26.3 Å². The molecule has 1 aromatic carbocycles. The molecule has 0 unspecified atom stereocenters. The highest BCUT2D eigenvalue weighted by molar-refractivity contribution is 5.74. The molecule has 3 aliphatic rings. The average Bonchev–Trinajstić information content (AvgIpc) is 3.40. The van der Waals surface area contributed by atoms with Gasteiger partial charge in [0.1, 0.15) is 6.10 Å². The van der Waals surface area contributed by atoms with Gasteiger partial charge in [0.15, 0.2) is 0 Å². The van der Waals surface area contributed by atoms with E-state index in [0.717, 1.165) is 50.6 Å². The van der Waals surface area contributed by atoms with Crippen LogP contribution in [0.25, 0.3) is 11.0 Å². The molecule has 0 spiro atoms. The van der Waals surface area contributed by atoms with E-state index >= 15 is 0 Å². The first-order valence-electron chi connectivity index (χ1n) is 14.0. The summed E-state index contributed by atoms with van der Waals surface area (Å²) >= 11 is 0. The van der Waals surface area contributed by atoms with E-state index < -0.39 is 0 Å². The monoisotopic (exact) mass is 506 g/mol. The summed E-state index contributed by atoms with van der Waals surface area (Å²) in [4.78, 5) is 28.3. The number of imidazole rings is 1. The Morgan fingerprint density at radius 3 is 2.62 bits per heavy atom. The second-order valence-corrected chi connectivity index (χ2v) is 12.4. The lowest BCUT2D eigenvalue weighted by molar-refractivity contribution is -0.161. The SMILES string of the molecule is C=C1CC[C@H]2[C@H](Cn3cnc4ccccc43)[C@@H]([C@@]3(C)CC[C@H](OC(C)=O)C[C@@H]3COC(C)=O)CC[C@]12C. The number of rotatable bonds is 6. The van der Waals surface area contributed by atoms with Gasteiger partial charge >= 0.3 is 11.9 Å². The third kappa shape index (κ3) is 4.72. The van der Waals surface area contributed by atoms with Gasteiger partial charge in [-0.15, -0.1) is 0 Å². The van der Waals surface area contributed by atoms with E-state index in [1.54, 1.807) is 0 Å². The molecule has 5 rings (SSSR count). The first-order chi connectivity index (χ1) is 17.6. The summed E-state index contributed by atoms with van der Waals surface area (Å²) in [5, 5.41) is 0. The lowest BCUT2D eigenvalue weighted by Gasteiger charge is -2.57. The number of hydrogen-bond acceptors (Lipinski definition) is 5. The molecule has 3 aliphatic carbocycles. The predicted octanol–water partition coefficient (Wildman–Crippen LogP) is 6.34. The number of esters is 2. The molecule has 1 aromatic heterocycles. The van der Waals surface area contributed by atoms with Gasteiger partial charge in [0.25, 0.3) is 0 Å². The van der Waals surface area contributed by atoms with Crippen LogP contribution >= 0.6 is 0 Å². The normalized spacial score (nSPS) is 35.8. The fourth-order valence-corrected chi connectivity index (χ4v) is 8.34. The zero-order chi connectivity index (χ0) is 26.4. The number of benzene rings is 1. The predicted molar refractivity (Wildman–Crippen MR) is 144 cm³/mol. The van der Waals surface area contributed by atoms with Crippen LogP contribution in [-0.4, -0.2) is 34.2 Å². The third-order valence-corrected chi connectivity index (χ3v) is 10.5. The number of fused-ring (bicyclic) bond motifs is 2. The number of hydrogen-bond donors (Lipinski definition) is 0. The fraction of sp³-hybridized carbons (Fsp3) is 0.645. The third-order valence-electron chi connectivity index (χ3n) is 10.5. The molecule has 6 nitrogen and oxygen atoms in total. The number of aromatic nitrogens is 2. The van der Waals surface area contributed by atoms with Crippen LogP contribution in [0.5, 0.6) is 0 Å². The standard InChI is InChI=1S/C31H42N2O4/c1-20-10-11-26-25(17-33-19-32-28-8-6-7-9-29(28)33)27(13-15-30(20,26)4)31(5)14-12-24(37-22(3)35)16-23(31)18-36-21(2)34/h6-9,19,23-27H,1,10-18H2,2-5H3/t23-,24+,25+,26+,27+,30-,31+/m1/s1. The Balaban J connectivity index is 1.50. The van der Waals surface area contributed by atoms with E-state index in [4.69, 9.17) is 14.5 Å². The Labute approximate surface area is 220 Å². The molecular formula is C31H42N2O4. The minimum atomic E-state index is -0.248. The molecule has 3 fully saturated rings. The molecule has 0 bridgehead atoms. The molecule has 37 heavy (non-hydrogen) atoms. The van der Waals surface area contributed by atoms with Gasteiger partial charge in [-0.1, -0.05) is 38.1 Å². The molecule has 1 heterocycles. The Hall–Kier alpha value is -2.63. The maximum absolute atomic E-state index is 11.8. The van der Waals surface area contributed by atoms with Crippen molar-refractivity contribution >= 4 is 23.0 Å². The largest absolute Gasteiger partial charge is 0.466 e. The number of allylic oxidation sites excluding steroid dienone is 1. The van der Waals surface area contributed by atoms with Crippen molar-refractivity contribution in [2.75, 3.05) is 6.61 Å². The Bertz CT molecular complexity index is 1190. The van der Waals surface area contributed by atoms with Crippen molar-refractivity contribution in [2.45, 2.75) is 85.3 Å². The maximum Gasteiger partial charge on any atom is 0.302 e. The summed E-state index contributed by atoms with van der Waals surface area (Å²) in [5.74, 6) is 1.17. The average molecular weight is 507 g/mol. The quantitative estimate of drug-likeness (QED) is 0.338. The highest BCUT2D eigenvalue weighted by Crippen LogP contribution is 2.64. The molecule has 0 N–H and O–H groups in total.